The summed E-state index contributed by atoms with van der Waals surface area (Å²) >= 11 is 3.34. The van der Waals surface area contributed by atoms with E-state index in [1.165, 1.54) is 7.11 Å². The second kappa shape index (κ2) is 4.93. The molecule has 16 heavy (non-hydrogen) atoms. The highest BCUT2D eigenvalue weighted by molar-refractivity contribution is 9.10. The van der Waals surface area contributed by atoms with Crippen LogP contribution in [0, 0.1) is 5.92 Å². The summed E-state index contributed by atoms with van der Waals surface area (Å²) < 4.78 is 5.74. The monoisotopic (exact) mass is 284 g/mol. The number of hydrogen-bond acceptors (Lipinski definition) is 4. The van der Waals surface area contributed by atoms with Crippen molar-refractivity contribution in [2.24, 2.45) is 5.92 Å². The van der Waals surface area contributed by atoms with Crippen molar-refractivity contribution < 1.29 is 9.53 Å². The molecule has 0 saturated carbocycles. The van der Waals surface area contributed by atoms with Crippen molar-refractivity contribution in [2.75, 3.05) is 20.2 Å². The largest absolute Gasteiger partial charge is 0.469 e. The number of pyridine rings is 1. The van der Waals surface area contributed by atoms with Crippen molar-refractivity contribution >= 4 is 21.9 Å². The van der Waals surface area contributed by atoms with Gasteiger partial charge in [-0.2, -0.15) is 0 Å². The third-order valence-corrected chi connectivity index (χ3v) is 3.32. The number of rotatable bonds is 2. The van der Waals surface area contributed by atoms with Gasteiger partial charge in [-0.05, 0) is 28.1 Å². The van der Waals surface area contributed by atoms with Gasteiger partial charge in [-0.1, -0.05) is 0 Å². The lowest BCUT2D eigenvalue weighted by atomic mass is 9.92. The molecule has 0 radical (unpaired) electrons. The molecule has 1 saturated heterocycles. The smallest absolute Gasteiger partial charge is 0.310 e. The number of methoxy groups -OCH3 is 1. The molecule has 1 aromatic rings. The molecule has 1 N–H and O–H groups in total. The van der Waals surface area contributed by atoms with Gasteiger partial charge in [0.15, 0.2) is 0 Å². The fraction of sp³-hybridized carbons (Fsp3) is 0.455. The highest BCUT2D eigenvalue weighted by Gasteiger charge is 2.35. The first-order valence-corrected chi connectivity index (χ1v) is 5.91. The lowest BCUT2D eigenvalue weighted by molar-refractivity contribution is -0.145. The average molecular weight is 285 g/mol. The number of nitrogens with one attached hydrogen (secondary N) is 1. The topological polar surface area (TPSA) is 51.2 Å². The molecule has 0 spiro atoms. The summed E-state index contributed by atoms with van der Waals surface area (Å²) in [4.78, 5) is 15.9. The molecule has 2 atom stereocenters. The molecule has 86 valence electrons. The molecule has 5 heteroatoms. The van der Waals surface area contributed by atoms with E-state index in [-0.39, 0.29) is 17.8 Å². The molecule has 0 aromatic carbocycles. The molecule has 1 aromatic heterocycles. The maximum Gasteiger partial charge on any atom is 0.310 e. The summed E-state index contributed by atoms with van der Waals surface area (Å²) in [5, 5.41) is 3.20. The van der Waals surface area contributed by atoms with E-state index in [2.05, 4.69) is 26.2 Å². The zero-order chi connectivity index (χ0) is 11.5. The Labute approximate surface area is 103 Å². The summed E-state index contributed by atoms with van der Waals surface area (Å²) in [6.07, 6.45) is 1.75. The number of aromatic nitrogens is 1. The van der Waals surface area contributed by atoms with E-state index in [1.54, 1.807) is 6.20 Å². The van der Waals surface area contributed by atoms with Crippen molar-refractivity contribution in [3.8, 4) is 0 Å². The van der Waals surface area contributed by atoms with Gasteiger partial charge in [0.2, 0.25) is 0 Å². The minimum Gasteiger partial charge on any atom is -0.469 e. The minimum atomic E-state index is -0.167. The Morgan fingerprint density at radius 2 is 2.38 bits per heavy atom. The van der Waals surface area contributed by atoms with Gasteiger partial charge in [0, 0.05) is 35.4 Å². The van der Waals surface area contributed by atoms with E-state index in [0.717, 1.165) is 16.7 Å². The van der Waals surface area contributed by atoms with E-state index in [9.17, 15) is 4.79 Å². The second-order valence-electron chi connectivity index (χ2n) is 3.80. The van der Waals surface area contributed by atoms with Crippen LogP contribution < -0.4 is 5.32 Å². The molecule has 1 aliphatic heterocycles. The summed E-state index contributed by atoms with van der Waals surface area (Å²) in [5.74, 6) is -0.182. The molecular weight excluding hydrogens is 272 g/mol. The third kappa shape index (κ3) is 2.25. The average Bonchev–Trinajstić information content (AvgIpc) is 2.78. The maximum absolute atomic E-state index is 11.6. The first kappa shape index (κ1) is 11.5. The quantitative estimate of drug-likeness (QED) is 0.833. The minimum absolute atomic E-state index is 0.112. The van der Waals surface area contributed by atoms with Gasteiger partial charge in [0.05, 0.1) is 13.0 Å². The summed E-state index contributed by atoms with van der Waals surface area (Å²) in [6, 6.07) is 3.88. The van der Waals surface area contributed by atoms with E-state index in [0.29, 0.717) is 6.54 Å². The number of carbonyl (C=O) groups is 1. The fourth-order valence-electron chi connectivity index (χ4n) is 2.00. The van der Waals surface area contributed by atoms with Gasteiger partial charge in [0.25, 0.3) is 0 Å². The predicted octanol–water partition coefficient (Wildman–Crippen LogP) is 1.32. The van der Waals surface area contributed by atoms with Crippen LogP contribution >= 0.6 is 15.9 Å². The van der Waals surface area contributed by atoms with Gasteiger partial charge in [0.1, 0.15) is 0 Å². The number of esters is 1. The van der Waals surface area contributed by atoms with Crippen LogP contribution in [0.3, 0.4) is 0 Å². The van der Waals surface area contributed by atoms with Crippen LogP contribution in [-0.2, 0) is 9.53 Å². The van der Waals surface area contributed by atoms with Crippen LogP contribution in [0.5, 0.6) is 0 Å². The highest BCUT2D eigenvalue weighted by atomic mass is 79.9. The zero-order valence-corrected chi connectivity index (χ0v) is 10.5. The van der Waals surface area contributed by atoms with Crippen LogP contribution in [0.25, 0.3) is 0 Å². The predicted molar refractivity (Wildman–Crippen MR) is 63.1 cm³/mol. The second-order valence-corrected chi connectivity index (χ2v) is 4.71. The Kier molecular flexibility index (Phi) is 3.56. The number of halogens is 1. The highest BCUT2D eigenvalue weighted by Crippen LogP contribution is 2.28. The van der Waals surface area contributed by atoms with Crippen molar-refractivity contribution in [2.45, 2.75) is 5.92 Å². The zero-order valence-electron chi connectivity index (χ0n) is 8.94. The molecule has 1 fully saturated rings. The summed E-state index contributed by atoms with van der Waals surface area (Å²) in [6.45, 7) is 1.43. The molecule has 0 bridgehead atoms. The van der Waals surface area contributed by atoms with Crippen LogP contribution in [0.2, 0.25) is 0 Å². The molecule has 4 nitrogen and oxygen atoms in total. The van der Waals surface area contributed by atoms with Crippen molar-refractivity contribution in [1.29, 1.82) is 0 Å². The van der Waals surface area contributed by atoms with Crippen molar-refractivity contribution in [3.63, 3.8) is 0 Å². The van der Waals surface area contributed by atoms with E-state index < -0.39 is 0 Å². The molecule has 0 amide bonds. The summed E-state index contributed by atoms with van der Waals surface area (Å²) in [5.41, 5.74) is 0.934. The summed E-state index contributed by atoms with van der Waals surface area (Å²) in [7, 11) is 1.42. The number of ether oxygens (including phenoxy) is 1. The van der Waals surface area contributed by atoms with Crippen molar-refractivity contribution in [3.05, 3.63) is 28.5 Å². The Morgan fingerprint density at radius 1 is 1.56 bits per heavy atom. The normalized spacial score (nSPS) is 24.4. The van der Waals surface area contributed by atoms with E-state index >= 15 is 0 Å². The molecule has 1 aliphatic rings. The van der Waals surface area contributed by atoms with Crippen LogP contribution in [0.1, 0.15) is 11.6 Å². The van der Waals surface area contributed by atoms with Gasteiger partial charge < -0.3 is 10.1 Å². The molecule has 2 heterocycles. The SMILES string of the molecule is COC(=O)[C@@H]1CNC[C@H]1c1ccc(Br)cn1. The number of carbonyl (C=O) groups excluding carboxylic acids is 1. The fourth-order valence-corrected chi connectivity index (χ4v) is 2.23. The molecule has 0 aliphatic carbocycles. The van der Waals surface area contributed by atoms with E-state index in [4.69, 9.17) is 4.74 Å². The third-order valence-electron chi connectivity index (χ3n) is 2.85. The van der Waals surface area contributed by atoms with Gasteiger partial charge in [-0.15, -0.1) is 0 Å². The molecular formula is C11H13BrN2O2. The van der Waals surface area contributed by atoms with E-state index in [1.807, 2.05) is 12.1 Å². The Balaban J connectivity index is 2.19. The first-order chi connectivity index (χ1) is 7.72. The van der Waals surface area contributed by atoms with Crippen LogP contribution in [0.15, 0.2) is 22.8 Å². The van der Waals surface area contributed by atoms with Crippen LogP contribution in [-0.4, -0.2) is 31.2 Å². The lowest BCUT2D eigenvalue weighted by Gasteiger charge is -2.15. The number of nitrogens with zero attached hydrogens (tertiary/aromatic N) is 1. The number of hydrogen-bond donors (Lipinski definition) is 1. The standard InChI is InChI=1S/C11H13BrN2O2/c1-16-11(15)9-6-13-5-8(9)10-3-2-7(12)4-14-10/h2-4,8-9,13H,5-6H2,1H3/t8-,9-/m1/s1. The Bertz CT molecular complexity index is 380. The van der Waals surface area contributed by atoms with Crippen molar-refractivity contribution in [1.82, 2.24) is 10.3 Å². The molecule has 2 rings (SSSR count). The van der Waals surface area contributed by atoms with Crippen LogP contribution in [0.4, 0.5) is 0 Å². The van der Waals surface area contributed by atoms with Gasteiger partial charge in [-0.3, -0.25) is 9.78 Å². The Hall–Kier alpha value is -0.940. The lowest BCUT2D eigenvalue weighted by Crippen LogP contribution is -2.23. The van der Waals surface area contributed by atoms with Gasteiger partial charge >= 0.3 is 5.97 Å². The van der Waals surface area contributed by atoms with Gasteiger partial charge in [-0.25, -0.2) is 0 Å². The Morgan fingerprint density at radius 3 is 3.00 bits per heavy atom. The first-order valence-electron chi connectivity index (χ1n) is 5.12. The molecule has 0 unspecified atom stereocenters. The maximum atomic E-state index is 11.6.